The van der Waals surface area contributed by atoms with E-state index in [1.165, 1.54) is 22.0 Å². The Morgan fingerprint density at radius 1 is 0.923 bits per heavy atom. The van der Waals surface area contributed by atoms with E-state index in [9.17, 15) is 19.8 Å². The lowest BCUT2D eigenvalue weighted by atomic mass is 9.98. The fourth-order valence-electron chi connectivity index (χ4n) is 10.7. The van der Waals surface area contributed by atoms with Gasteiger partial charge in [-0.25, -0.2) is 19.0 Å². The van der Waals surface area contributed by atoms with Crippen LogP contribution in [0.5, 0.6) is 11.8 Å². The van der Waals surface area contributed by atoms with Crippen LogP contribution in [0.3, 0.4) is 0 Å². The molecule has 7 heterocycles. The number of fused-ring (bicyclic) bond motifs is 4. The van der Waals surface area contributed by atoms with Crippen molar-refractivity contribution in [1.29, 1.82) is 0 Å². The van der Waals surface area contributed by atoms with Crippen LogP contribution in [0.2, 0.25) is 10.0 Å². The standard InChI is InChI=1S/C55H56Cl2FN13O7/c1-28(2)50(54(75)70-22-37(73)14-45(70)53(74)63-44(24-72)33-11-9-31(10-12-33)34-17-59-27-60-18-34)71-23-43(67-68-71)32-7-5-30(6-8-32)26-77-51-47(46-39-20-62-66-42(39)16-41(58)48(46)57)40(56)15-38-49(51)64-55(78-25-29(3)76-4)65-52(38)69-21-35-13-36(69)19-61-35/h5-12,15-18,20,23,27-29,35-37,44-45,50,61,72-73H,13-14,19,21-22,24-26H2,1-4H3,(H,62,66)(H,63,74)/t29-,35-,36-,37+,44-,45-,50-/m0/s1. The van der Waals surface area contributed by atoms with E-state index in [1.807, 2.05) is 57.2 Å². The number of nitrogens with zero attached hydrogens (tertiary/aromatic N) is 10. The lowest BCUT2D eigenvalue weighted by Gasteiger charge is -2.30. The van der Waals surface area contributed by atoms with Crippen LogP contribution in [0.25, 0.3) is 55.3 Å². The number of anilines is 1. The Hall–Kier alpha value is -7.40. The maximum atomic E-state index is 15.7. The van der Waals surface area contributed by atoms with Crippen molar-refractivity contribution >= 4 is 62.6 Å². The number of H-pyrrole nitrogens is 1. The summed E-state index contributed by atoms with van der Waals surface area (Å²) in [6.07, 6.45) is 7.82. The monoisotopic (exact) mass is 1100 g/mol. The summed E-state index contributed by atoms with van der Waals surface area (Å²) < 4.78 is 35.7. The third kappa shape index (κ3) is 10.3. The van der Waals surface area contributed by atoms with Crippen molar-refractivity contribution in [3.05, 3.63) is 119 Å². The largest absolute Gasteiger partial charge is 0.486 e. The van der Waals surface area contributed by atoms with E-state index in [0.29, 0.717) is 56.6 Å². The Morgan fingerprint density at radius 3 is 2.40 bits per heavy atom. The molecule has 8 aromatic rings. The van der Waals surface area contributed by atoms with E-state index in [0.717, 1.165) is 29.7 Å². The highest BCUT2D eigenvalue weighted by Gasteiger charge is 2.44. The van der Waals surface area contributed by atoms with Gasteiger partial charge in [-0.3, -0.25) is 14.7 Å². The first-order valence-electron chi connectivity index (χ1n) is 25.7. The molecule has 4 aromatic heterocycles. The number of methoxy groups -OCH3 is 1. The molecule has 2 bridgehead atoms. The normalized spacial score (nSPS) is 19.3. The number of β-amino-alcohol motifs (C(OH)–C–C–N with tert-alkyl or cyclic N) is 1. The molecule has 7 atom stereocenters. The lowest BCUT2D eigenvalue weighted by Crippen LogP contribution is -2.50. The number of rotatable bonds is 18. The smallest absolute Gasteiger partial charge is 0.319 e. The number of aliphatic hydroxyl groups is 2. The molecule has 0 spiro atoms. The highest BCUT2D eigenvalue weighted by Crippen LogP contribution is 2.50. The third-order valence-electron chi connectivity index (χ3n) is 14.8. The van der Waals surface area contributed by atoms with Crippen molar-refractivity contribution in [2.75, 3.05) is 44.9 Å². The van der Waals surface area contributed by atoms with Gasteiger partial charge in [0.1, 0.15) is 54.5 Å². The number of benzene rings is 4. The fraction of sp³-hybridized carbons (Fsp3) is 0.364. The van der Waals surface area contributed by atoms with Gasteiger partial charge in [0.25, 0.3) is 0 Å². The molecule has 3 saturated heterocycles. The Labute approximate surface area is 457 Å². The minimum absolute atomic E-state index is 0.00122. The van der Waals surface area contributed by atoms with E-state index in [4.69, 9.17) is 47.4 Å². The number of hydrogen-bond acceptors (Lipinski definition) is 16. The molecule has 0 radical (unpaired) electrons. The third-order valence-corrected chi connectivity index (χ3v) is 15.5. The van der Waals surface area contributed by atoms with Crippen molar-refractivity contribution in [3.8, 4) is 45.3 Å². The molecule has 2 amide bonds. The predicted octanol–water partition coefficient (Wildman–Crippen LogP) is 6.89. The summed E-state index contributed by atoms with van der Waals surface area (Å²) in [6.45, 7) is 6.83. The van der Waals surface area contributed by atoms with Gasteiger partial charge in [-0.1, -0.05) is 90.8 Å². The summed E-state index contributed by atoms with van der Waals surface area (Å²) in [5.74, 6) is -1.05. The Kier molecular flexibility index (Phi) is 15.0. The highest BCUT2D eigenvalue weighted by atomic mass is 35.5. The number of halogens is 3. The summed E-state index contributed by atoms with van der Waals surface area (Å²) in [5, 5.41) is 44.8. The van der Waals surface area contributed by atoms with Gasteiger partial charge in [-0.15, -0.1) is 5.10 Å². The van der Waals surface area contributed by atoms with Gasteiger partial charge in [0.2, 0.25) is 11.8 Å². The summed E-state index contributed by atoms with van der Waals surface area (Å²) in [7, 11) is 1.60. The van der Waals surface area contributed by atoms with Crippen molar-refractivity contribution in [1.82, 2.24) is 60.7 Å². The molecule has 3 aliphatic rings. The molecule has 20 nitrogen and oxygen atoms in total. The summed E-state index contributed by atoms with van der Waals surface area (Å²) in [6, 6.07) is 15.7. The van der Waals surface area contributed by atoms with Crippen LogP contribution < -0.4 is 25.0 Å². The van der Waals surface area contributed by atoms with E-state index in [2.05, 4.69) is 46.0 Å². The fourth-order valence-corrected chi connectivity index (χ4v) is 11.2. The van der Waals surface area contributed by atoms with Gasteiger partial charge in [0.05, 0.1) is 52.8 Å². The first-order valence-corrected chi connectivity index (χ1v) is 26.4. The number of aliphatic hydroxyl groups excluding tert-OH is 2. The first-order chi connectivity index (χ1) is 37.8. The molecule has 3 aliphatic heterocycles. The van der Waals surface area contributed by atoms with Gasteiger partial charge in [0, 0.05) is 96.7 Å². The number of carbonyl (C=O) groups excluding carboxylic acids is 2. The second-order valence-corrected chi connectivity index (χ2v) is 21.1. The quantitative estimate of drug-likeness (QED) is 0.0588. The number of nitrogens with one attached hydrogen (secondary N) is 3. The average Bonchev–Trinajstić information content (AvgIpc) is 4.47. The number of amides is 2. The van der Waals surface area contributed by atoms with Crippen molar-refractivity contribution in [2.45, 2.75) is 82.6 Å². The lowest BCUT2D eigenvalue weighted by molar-refractivity contribution is -0.142. The minimum atomic E-state index is -1.01. The molecule has 0 saturated carbocycles. The van der Waals surface area contributed by atoms with E-state index >= 15 is 4.39 Å². The molecule has 0 aliphatic carbocycles. The molecule has 404 valence electrons. The zero-order valence-electron chi connectivity index (χ0n) is 43.0. The zero-order chi connectivity index (χ0) is 54.4. The molecular weight excluding hydrogens is 1040 g/mol. The first kappa shape index (κ1) is 52.6. The van der Waals surface area contributed by atoms with Crippen LogP contribution >= 0.6 is 23.2 Å². The SMILES string of the molecule is CO[C@@H](C)COc1nc(N2C[C@@H]3C[C@H]2CN3)c2cc(Cl)c(-c3c(Cl)c(F)cc4[nH]ncc34)c(OCc3ccc(-c4cn([C@H](C(=O)N5C[C@H](O)C[C@H]5C(=O)N[C@@H](CO)c5ccc(-c6cncnc6)cc5)C(C)C)nn4)cc3)c2n1. The molecule has 0 unspecified atom stereocenters. The van der Waals surface area contributed by atoms with Crippen LogP contribution in [0.4, 0.5) is 10.2 Å². The molecule has 78 heavy (non-hydrogen) atoms. The molecule has 5 N–H and O–H groups in total. The average molecular weight is 1100 g/mol. The number of likely N-dealkylation sites (tertiary alicyclic amines) is 1. The van der Waals surface area contributed by atoms with Crippen molar-refractivity contribution < 1.29 is 38.4 Å². The molecule has 3 fully saturated rings. The number of aromatic nitrogens is 9. The second kappa shape index (κ2) is 22.2. The van der Waals surface area contributed by atoms with E-state index in [1.54, 1.807) is 50.1 Å². The predicted molar refractivity (Wildman–Crippen MR) is 289 cm³/mol. The number of piperazine rings is 1. The maximum Gasteiger partial charge on any atom is 0.319 e. The van der Waals surface area contributed by atoms with E-state index < -0.39 is 48.5 Å². The van der Waals surface area contributed by atoms with Gasteiger partial charge < -0.3 is 44.9 Å². The zero-order valence-corrected chi connectivity index (χ0v) is 44.5. The summed E-state index contributed by atoms with van der Waals surface area (Å²) >= 11 is 14.2. The Balaban J connectivity index is 0.855. The van der Waals surface area contributed by atoms with Crippen LogP contribution in [-0.4, -0.2) is 142 Å². The highest BCUT2D eigenvalue weighted by molar-refractivity contribution is 6.39. The molecular formula is C55H56Cl2FN13O7. The van der Waals surface area contributed by atoms with Crippen LogP contribution in [0.15, 0.2) is 91.8 Å². The minimum Gasteiger partial charge on any atom is -0.486 e. The Morgan fingerprint density at radius 2 is 1.69 bits per heavy atom. The second-order valence-electron chi connectivity index (χ2n) is 20.3. The number of carbonyl (C=O) groups is 2. The number of aromatic amines is 1. The molecule has 11 rings (SSSR count). The number of hydrogen-bond donors (Lipinski definition) is 5. The molecule has 23 heteroatoms. The maximum absolute atomic E-state index is 15.7. The Bertz CT molecular complexity index is 3500. The van der Waals surface area contributed by atoms with Crippen molar-refractivity contribution in [3.63, 3.8) is 0 Å². The van der Waals surface area contributed by atoms with Gasteiger partial charge in [-0.2, -0.15) is 15.1 Å². The van der Waals surface area contributed by atoms with Crippen LogP contribution in [-0.2, 0) is 20.9 Å². The van der Waals surface area contributed by atoms with Gasteiger partial charge >= 0.3 is 6.01 Å². The molecule has 4 aromatic carbocycles. The topological polar surface area (TPSA) is 244 Å². The van der Waals surface area contributed by atoms with Gasteiger partial charge in [0.15, 0.2) is 5.75 Å². The van der Waals surface area contributed by atoms with Crippen LogP contribution in [0, 0.1) is 11.7 Å². The van der Waals surface area contributed by atoms with Crippen LogP contribution in [0.1, 0.15) is 56.8 Å². The summed E-state index contributed by atoms with van der Waals surface area (Å²) in [4.78, 5) is 50.1. The van der Waals surface area contributed by atoms with Crippen molar-refractivity contribution in [2.24, 2.45) is 5.92 Å². The number of ether oxygens (including phenoxy) is 3. The van der Waals surface area contributed by atoms with Gasteiger partial charge in [-0.05, 0) is 42.0 Å². The van der Waals surface area contributed by atoms with E-state index in [-0.39, 0.29) is 77.7 Å². The summed E-state index contributed by atoms with van der Waals surface area (Å²) in [5.41, 5.74) is 5.60.